The van der Waals surface area contributed by atoms with Gasteiger partial charge in [0.15, 0.2) is 12.1 Å². The van der Waals surface area contributed by atoms with Gasteiger partial charge in [0, 0.05) is 19.6 Å². The maximum absolute atomic E-state index is 11.5. The molecular weight excluding hydrogens is 268 g/mol. The van der Waals surface area contributed by atoms with Crippen LogP contribution in [0.25, 0.3) is 0 Å². The molecule has 0 amide bonds. The summed E-state index contributed by atoms with van der Waals surface area (Å²) in [7, 11) is 0. The van der Waals surface area contributed by atoms with Crippen LogP contribution in [0.5, 0.6) is 0 Å². The zero-order valence-electron chi connectivity index (χ0n) is 12.9. The van der Waals surface area contributed by atoms with Gasteiger partial charge in [0.25, 0.3) is 0 Å². The number of carbonyl (C=O) groups excluding carboxylic acids is 1. The van der Waals surface area contributed by atoms with Gasteiger partial charge in [-0.1, -0.05) is 19.3 Å². The SMILES string of the molecule is O=C1C[C@@H](O)C=C1CCCCCCCO[C@@H]1CCCCO1. The van der Waals surface area contributed by atoms with Crippen LogP contribution in [0.1, 0.15) is 64.2 Å². The Hall–Kier alpha value is -0.710. The topological polar surface area (TPSA) is 55.8 Å². The van der Waals surface area contributed by atoms with Crippen LogP contribution < -0.4 is 0 Å². The number of aliphatic hydroxyl groups excluding tert-OH is 1. The third-order valence-electron chi connectivity index (χ3n) is 4.18. The van der Waals surface area contributed by atoms with Crippen LogP contribution in [0.4, 0.5) is 0 Å². The molecule has 1 aliphatic carbocycles. The standard InChI is InChI=1S/C17H28O4/c18-15-12-14(16(19)13-15)8-4-2-1-3-6-10-20-17-9-5-7-11-21-17/h12,15,17-18H,1-11,13H2/t15-,17-/m0/s1. The molecule has 0 spiro atoms. The predicted molar refractivity (Wildman–Crippen MR) is 81.0 cm³/mol. The number of Topliss-reactive ketones (excluding diaryl/α,β-unsaturated/α-hetero) is 1. The summed E-state index contributed by atoms with van der Waals surface area (Å²) in [5, 5.41) is 9.36. The molecular formula is C17H28O4. The maximum atomic E-state index is 11.5. The van der Waals surface area contributed by atoms with Gasteiger partial charge < -0.3 is 14.6 Å². The number of aliphatic hydroxyl groups is 1. The Morgan fingerprint density at radius 3 is 2.71 bits per heavy atom. The first-order valence-corrected chi connectivity index (χ1v) is 8.41. The molecule has 2 rings (SSSR count). The molecule has 1 fully saturated rings. The van der Waals surface area contributed by atoms with Crippen LogP contribution in [0, 0.1) is 0 Å². The van der Waals surface area contributed by atoms with Gasteiger partial charge in [-0.15, -0.1) is 0 Å². The van der Waals surface area contributed by atoms with Crippen molar-refractivity contribution in [3.8, 4) is 0 Å². The monoisotopic (exact) mass is 296 g/mol. The van der Waals surface area contributed by atoms with E-state index in [1.807, 2.05) is 0 Å². The van der Waals surface area contributed by atoms with E-state index in [1.54, 1.807) is 6.08 Å². The minimum Gasteiger partial charge on any atom is -0.389 e. The average Bonchev–Trinajstić information content (AvgIpc) is 2.81. The molecule has 0 radical (unpaired) electrons. The van der Waals surface area contributed by atoms with Crippen LogP contribution in [-0.2, 0) is 14.3 Å². The third kappa shape index (κ3) is 6.29. The molecule has 1 aliphatic heterocycles. The van der Waals surface area contributed by atoms with Crippen LogP contribution >= 0.6 is 0 Å². The minimum atomic E-state index is -0.536. The summed E-state index contributed by atoms with van der Waals surface area (Å²) in [5.41, 5.74) is 0.834. The second kappa shape index (κ2) is 9.34. The molecule has 2 atom stereocenters. The average molecular weight is 296 g/mol. The zero-order chi connectivity index (χ0) is 14.9. The maximum Gasteiger partial charge on any atom is 0.161 e. The van der Waals surface area contributed by atoms with Crippen LogP contribution in [-0.4, -0.2) is 36.5 Å². The van der Waals surface area contributed by atoms with Gasteiger partial charge in [0.2, 0.25) is 0 Å². The molecule has 0 saturated carbocycles. The lowest BCUT2D eigenvalue weighted by molar-refractivity contribution is -0.162. The van der Waals surface area contributed by atoms with Crippen molar-refractivity contribution in [2.45, 2.75) is 76.6 Å². The van der Waals surface area contributed by atoms with Gasteiger partial charge in [0.05, 0.1) is 6.10 Å². The molecule has 0 aromatic heterocycles. The van der Waals surface area contributed by atoms with E-state index >= 15 is 0 Å². The first kappa shape index (κ1) is 16.7. The predicted octanol–water partition coefficient (Wildman–Crippen LogP) is 3.13. The van der Waals surface area contributed by atoms with E-state index in [2.05, 4.69) is 0 Å². The highest BCUT2D eigenvalue weighted by atomic mass is 16.7. The number of ketones is 1. The Balaban J connectivity index is 1.40. The van der Waals surface area contributed by atoms with E-state index in [1.165, 1.54) is 19.3 Å². The summed E-state index contributed by atoms with van der Waals surface area (Å²) >= 11 is 0. The highest BCUT2D eigenvalue weighted by molar-refractivity contribution is 5.98. The lowest BCUT2D eigenvalue weighted by Crippen LogP contribution is -2.22. The number of unbranched alkanes of at least 4 members (excludes halogenated alkanes) is 4. The fourth-order valence-electron chi connectivity index (χ4n) is 2.93. The van der Waals surface area contributed by atoms with Gasteiger partial charge in [-0.2, -0.15) is 0 Å². The summed E-state index contributed by atoms with van der Waals surface area (Å²) < 4.78 is 11.2. The van der Waals surface area contributed by atoms with Crippen LogP contribution in [0.2, 0.25) is 0 Å². The Morgan fingerprint density at radius 2 is 2.00 bits per heavy atom. The number of hydrogen-bond donors (Lipinski definition) is 1. The molecule has 120 valence electrons. The Bertz CT molecular complexity index is 345. The fraction of sp³-hybridized carbons (Fsp3) is 0.824. The molecule has 0 aromatic rings. The van der Waals surface area contributed by atoms with Gasteiger partial charge >= 0.3 is 0 Å². The van der Waals surface area contributed by atoms with Crippen LogP contribution in [0.15, 0.2) is 11.6 Å². The molecule has 2 aliphatic rings. The number of ether oxygens (including phenoxy) is 2. The van der Waals surface area contributed by atoms with Crippen molar-refractivity contribution in [1.82, 2.24) is 0 Å². The molecule has 21 heavy (non-hydrogen) atoms. The second-order valence-corrected chi connectivity index (χ2v) is 6.07. The Kier molecular flexibility index (Phi) is 7.41. The van der Waals surface area contributed by atoms with Gasteiger partial charge in [-0.05, 0) is 50.2 Å². The number of rotatable bonds is 9. The molecule has 0 unspecified atom stereocenters. The van der Waals surface area contributed by atoms with E-state index in [0.717, 1.165) is 57.3 Å². The lowest BCUT2D eigenvalue weighted by atomic mass is 10.0. The molecule has 1 N–H and O–H groups in total. The normalized spacial score (nSPS) is 26.1. The van der Waals surface area contributed by atoms with E-state index < -0.39 is 6.10 Å². The van der Waals surface area contributed by atoms with Gasteiger partial charge in [0.1, 0.15) is 0 Å². The van der Waals surface area contributed by atoms with Crippen molar-refractivity contribution in [3.05, 3.63) is 11.6 Å². The summed E-state index contributed by atoms with van der Waals surface area (Å²) in [6, 6.07) is 0. The van der Waals surface area contributed by atoms with E-state index in [9.17, 15) is 9.90 Å². The minimum absolute atomic E-state index is 0.0329. The largest absolute Gasteiger partial charge is 0.389 e. The van der Waals surface area contributed by atoms with Gasteiger partial charge in [-0.3, -0.25) is 4.79 Å². The molecule has 1 heterocycles. The first-order valence-electron chi connectivity index (χ1n) is 8.41. The van der Waals surface area contributed by atoms with Crippen molar-refractivity contribution in [1.29, 1.82) is 0 Å². The number of hydrogen-bond acceptors (Lipinski definition) is 4. The highest BCUT2D eigenvalue weighted by Gasteiger charge is 2.21. The van der Waals surface area contributed by atoms with Crippen molar-refractivity contribution in [3.63, 3.8) is 0 Å². The molecule has 4 nitrogen and oxygen atoms in total. The molecule has 0 bridgehead atoms. The molecule has 1 saturated heterocycles. The third-order valence-corrected chi connectivity index (χ3v) is 4.18. The highest BCUT2D eigenvalue weighted by Crippen LogP contribution is 2.21. The Morgan fingerprint density at radius 1 is 1.19 bits per heavy atom. The van der Waals surface area contributed by atoms with Crippen molar-refractivity contribution >= 4 is 5.78 Å². The molecule has 0 aromatic carbocycles. The summed E-state index contributed by atoms with van der Waals surface area (Å²) in [6.45, 7) is 1.63. The first-order chi connectivity index (χ1) is 10.3. The quantitative estimate of drug-likeness (QED) is 0.664. The van der Waals surface area contributed by atoms with E-state index in [0.29, 0.717) is 0 Å². The number of allylic oxidation sites excluding steroid dienone is 1. The number of carbonyl (C=O) groups is 1. The summed E-state index contributed by atoms with van der Waals surface area (Å²) in [5.74, 6) is 0.128. The smallest absolute Gasteiger partial charge is 0.161 e. The van der Waals surface area contributed by atoms with Crippen LogP contribution in [0.3, 0.4) is 0 Å². The zero-order valence-corrected chi connectivity index (χ0v) is 12.9. The fourth-order valence-corrected chi connectivity index (χ4v) is 2.93. The Labute approximate surface area is 127 Å². The van der Waals surface area contributed by atoms with Crippen molar-refractivity contribution < 1.29 is 19.4 Å². The summed E-state index contributed by atoms with van der Waals surface area (Å²) in [4.78, 5) is 11.5. The van der Waals surface area contributed by atoms with Crippen molar-refractivity contribution in [2.24, 2.45) is 0 Å². The van der Waals surface area contributed by atoms with Crippen molar-refractivity contribution in [2.75, 3.05) is 13.2 Å². The van der Waals surface area contributed by atoms with Gasteiger partial charge in [-0.25, -0.2) is 0 Å². The lowest BCUT2D eigenvalue weighted by Gasteiger charge is -2.22. The van der Waals surface area contributed by atoms with E-state index in [-0.39, 0.29) is 18.5 Å². The van der Waals surface area contributed by atoms with E-state index in [4.69, 9.17) is 9.47 Å². The summed E-state index contributed by atoms with van der Waals surface area (Å²) in [6.07, 6.45) is 11.4. The second-order valence-electron chi connectivity index (χ2n) is 6.07. The molecule has 4 heteroatoms.